The van der Waals surface area contributed by atoms with Gasteiger partial charge in [0.05, 0.1) is 22.2 Å². The Labute approximate surface area is 171 Å². The van der Waals surface area contributed by atoms with Gasteiger partial charge in [-0.3, -0.25) is 4.79 Å². The lowest BCUT2D eigenvalue weighted by Crippen LogP contribution is -2.24. The summed E-state index contributed by atoms with van der Waals surface area (Å²) in [4.78, 5) is 18.1. The molecule has 156 valence electrons. The molecule has 29 heavy (non-hydrogen) atoms. The minimum atomic E-state index is -0.253. The highest BCUT2D eigenvalue weighted by molar-refractivity contribution is 6.12. The maximum Gasteiger partial charge on any atom is 0.257 e. The number of amides is 1. The smallest absolute Gasteiger partial charge is 0.257 e. The predicted molar refractivity (Wildman–Crippen MR) is 115 cm³/mol. The molecule has 0 unspecified atom stereocenters. The van der Waals surface area contributed by atoms with E-state index in [2.05, 4.69) is 50.2 Å². The first-order chi connectivity index (χ1) is 13.3. The van der Waals surface area contributed by atoms with E-state index in [0.717, 1.165) is 22.4 Å². The third-order valence-corrected chi connectivity index (χ3v) is 4.80. The first-order valence-corrected chi connectivity index (χ1v) is 9.98. The van der Waals surface area contributed by atoms with Gasteiger partial charge in [0, 0.05) is 17.2 Å². The zero-order valence-electron chi connectivity index (χ0n) is 18.8. The van der Waals surface area contributed by atoms with Crippen molar-refractivity contribution in [3.05, 3.63) is 34.8 Å². The largest absolute Gasteiger partial charge is 0.359 e. The number of rotatable bonds is 3. The van der Waals surface area contributed by atoms with Gasteiger partial charge in [0.2, 0.25) is 0 Å². The normalized spacial score (nSPS) is 12.8. The van der Waals surface area contributed by atoms with Crippen LogP contribution in [-0.4, -0.2) is 25.8 Å². The molecule has 0 spiro atoms. The van der Waals surface area contributed by atoms with Gasteiger partial charge in [0.25, 0.3) is 5.91 Å². The number of fused-ring (bicyclic) bond motifs is 1. The molecule has 0 radical (unpaired) electrons. The van der Waals surface area contributed by atoms with Gasteiger partial charge in [0.1, 0.15) is 5.76 Å². The van der Waals surface area contributed by atoms with Crippen LogP contribution < -0.4 is 5.32 Å². The van der Waals surface area contributed by atoms with E-state index in [0.29, 0.717) is 17.1 Å². The first kappa shape index (κ1) is 21.0. The number of pyridine rings is 1. The minimum Gasteiger partial charge on any atom is -0.359 e. The molecule has 7 nitrogen and oxygen atoms in total. The van der Waals surface area contributed by atoms with E-state index in [9.17, 15) is 4.79 Å². The second-order valence-corrected chi connectivity index (χ2v) is 9.90. The van der Waals surface area contributed by atoms with Gasteiger partial charge in [-0.15, -0.1) is 0 Å². The fourth-order valence-corrected chi connectivity index (χ4v) is 3.12. The summed E-state index contributed by atoms with van der Waals surface area (Å²) in [5.41, 5.74) is 2.46. The van der Waals surface area contributed by atoms with Crippen LogP contribution in [0.25, 0.3) is 11.0 Å². The van der Waals surface area contributed by atoms with Crippen LogP contribution in [0, 0.1) is 6.92 Å². The molecule has 0 aliphatic rings. The number of aromatic nitrogens is 4. The highest BCUT2D eigenvalue weighted by Crippen LogP contribution is 2.30. The Balaban J connectivity index is 2.11. The van der Waals surface area contributed by atoms with E-state index in [4.69, 9.17) is 9.51 Å². The Kier molecular flexibility index (Phi) is 5.05. The molecule has 3 aromatic heterocycles. The number of anilines is 1. The van der Waals surface area contributed by atoms with Crippen LogP contribution >= 0.6 is 0 Å². The zero-order valence-corrected chi connectivity index (χ0v) is 18.8. The van der Waals surface area contributed by atoms with E-state index in [1.165, 1.54) is 0 Å². The third kappa shape index (κ3) is 4.04. The van der Waals surface area contributed by atoms with Gasteiger partial charge in [-0.1, -0.05) is 39.8 Å². The minimum absolute atomic E-state index is 0.175. The van der Waals surface area contributed by atoms with Gasteiger partial charge in [0.15, 0.2) is 11.5 Å². The van der Waals surface area contributed by atoms with Crippen molar-refractivity contribution in [3.63, 3.8) is 0 Å². The standard InChI is InChI=1S/C22H31N5O2/c1-12(2)15-10-14(18-13(3)25-27(19(18)23-15)22(7,8)9)20(28)24-17-11-16(29-26-17)21(4,5)6/h10-12H,1-9H3,(H,24,26,28). The quantitative estimate of drug-likeness (QED) is 0.660. The van der Waals surface area contributed by atoms with Crippen molar-refractivity contribution in [1.82, 2.24) is 19.9 Å². The molecule has 0 aliphatic heterocycles. The van der Waals surface area contributed by atoms with Gasteiger partial charge in [-0.05, 0) is 39.7 Å². The highest BCUT2D eigenvalue weighted by Gasteiger charge is 2.26. The number of nitrogens with zero attached hydrogens (tertiary/aromatic N) is 4. The Hall–Kier alpha value is -2.70. The average molecular weight is 398 g/mol. The Bertz CT molecular complexity index is 1060. The third-order valence-electron chi connectivity index (χ3n) is 4.80. The summed E-state index contributed by atoms with van der Waals surface area (Å²) in [6.45, 7) is 18.4. The summed E-state index contributed by atoms with van der Waals surface area (Å²) in [7, 11) is 0. The summed E-state index contributed by atoms with van der Waals surface area (Å²) in [6.07, 6.45) is 0. The molecule has 0 atom stereocenters. The van der Waals surface area contributed by atoms with Crippen LogP contribution in [0.2, 0.25) is 0 Å². The number of carbonyl (C=O) groups excluding carboxylic acids is 1. The average Bonchev–Trinajstić information content (AvgIpc) is 3.18. The van der Waals surface area contributed by atoms with E-state index in [-0.39, 0.29) is 22.8 Å². The lowest BCUT2D eigenvalue weighted by atomic mass is 9.93. The van der Waals surface area contributed by atoms with Gasteiger partial charge in [-0.25, -0.2) is 9.67 Å². The summed E-state index contributed by atoms with van der Waals surface area (Å²) in [5.74, 6) is 1.04. The van der Waals surface area contributed by atoms with E-state index in [1.54, 1.807) is 6.07 Å². The summed E-state index contributed by atoms with van der Waals surface area (Å²) < 4.78 is 7.29. The van der Waals surface area contributed by atoms with Crippen LogP contribution in [0.5, 0.6) is 0 Å². The number of carbonyl (C=O) groups is 1. The lowest BCUT2D eigenvalue weighted by molar-refractivity contribution is 0.102. The van der Waals surface area contributed by atoms with Gasteiger partial charge >= 0.3 is 0 Å². The summed E-state index contributed by atoms with van der Waals surface area (Å²) in [5, 5.41) is 12.3. The molecule has 7 heteroatoms. The second kappa shape index (κ2) is 6.97. The second-order valence-electron chi connectivity index (χ2n) is 9.90. The molecule has 0 aliphatic carbocycles. The molecule has 1 amide bonds. The van der Waals surface area contributed by atoms with Crippen molar-refractivity contribution in [3.8, 4) is 0 Å². The maximum atomic E-state index is 13.2. The number of hydrogen-bond acceptors (Lipinski definition) is 5. The van der Waals surface area contributed by atoms with Crippen molar-refractivity contribution >= 4 is 22.8 Å². The molecule has 3 aromatic rings. The molecule has 3 rings (SSSR count). The summed E-state index contributed by atoms with van der Waals surface area (Å²) in [6, 6.07) is 3.62. The number of aryl methyl sites for hydroxylation is 1. The van der Waals surface area contributed by atoms with Crippen molar-refractivity contribution in [2.24, 2.45) is 0 Å². The van der Waals surface area contributed by atoms with Crippen molar-refractivity contribution < 1.29 is 9.32 Å². The van der Waals surface area contributed by atoms with Crippen LogP contribution in [0.15, 0.2) is 16.7 Å². The van der Waals surface area contributed by atoms with Crippen molar-refractivity contribution in [2.45, 2.75) is 79.2 Å². The Morgan fingerprint density at radius 1 is 1.14 bits per heavy atom. The maximum absolute atomic E-state index is 13.2. The molecule has 1 N–H and O–H groups in total. The predicted octanol–water partition coefficient (Wildman–Crippen LogP) is 5.16. The Morgan fingerprint density at radius 3 is 2.31 bits per heavy atom. The van der Waals surface area contributed by atoms with Crippen LogP contribution in [0.4, 0.5) is 5.82 Å². The molecular formula is C22H31N5O2. The number of nitrogens with one attached hydrogen (secondary N) is 1. The molecule has 0 fully saturated rings. The van der Waals surface area contributed by atoms with E-state index in [1.807, 2.05) is 38.4 Å². The van der Waals surface area contributed by atoms with Crippen molar-refractivity contribution in [1.29, 1.82) is 0 Å². The molecule has 0 saturated heterocycles. The fourth-order valence-electron chi connectivity index (χ4n) is 3.12. The van der Waals surface area contributed by atoms with E-state index < -0.39 is 0 Å². The van der Waals surface area contributed by atoms with Crippen molar-refractivity contribution in [2.75, 3.05) is 5.32 Å². The molecular weight excluding hydrogens is 366 g/mol. The van der Waals surface area contributed by atoms with Gasteiger partial charge < -0.3 is 9.84 Å². The molecule has 0 aromatic carbocycles. The van der Waals surface area contributed by atoms with Crippen LogP contribution in [0.3, 0.4) is 0 Å². The topological polar surface area (TPSA) is 85.8 Å². The van der Waals surface area contributed by atoms with Gasteiger partial charge in [-0.2, -0.15) is 5.10 Å². The lowest BCUT2D eigenvalue weighted by Gasteiger charge is -2.20. The first-order valence-electron chi connectivity index (χ1n) is 9.98. The van der Waals surface area contributed by atoms with E-state index >= 15 is 0 Å². The monoisotopic (exact) mass is 397 g/mol. The SMILES string of the molecule is Cc1nn(C(C)(C)C)c2nc(C(C)C)cc(C(=O)Nc3cc(C(C)(C)C)on3)c12. The van der Waals surface area contributed by atoms with Crippen LogP contribution in [0.1, 0.15) is 88.8 Å². The van der Waals surface area contributed by atoms with Crippen LogP contribution in [-0.2, 0) is 11.0 Å². The Morgan fingerprint density at radius 2 is 1.79 bits per heavy atom. The number of hydrogen-bond donors (Lipinski definition) is 1. The fraction of sp³-hybridized carbons (Fsp3) is 0.545. The molecule has 0 bridgehead atoms. The zero-order chi connectivity index (χ0) is 21.7. The molecule has 3 heterocycles. The highest BCUT2D eigenvalue weighted by atomic mass is 16.5. The summed E-state index contributed by atoms with van der Waals surface area (Å²) >= 11 is 0. The molecule has 0 saturated carbocycles.